The van der Waals surface area contributed by atoms with Crippen molar-refractivity contribution in [1.82, 2.24) is 9.88 Å². The molecule has 0 spiro atoms. The highest BCUT2D eigenvalue weighted by molar-refractivity contribution is 7.89. The molecule has 1 aromatic heterocycles. The Bertz CT molecular complexity index is 536. The molecule has 1 aliphatic carbocycles. The fourth-order valence-electron chi connectivity index (χ4n) is 2.90. The van der Waals surface area contributed by atoms with Gasteiger partial charge in [0.25, 0.3) is 0 Å². The lowest BCUT2D eigenvalue weighted by Gasteiger charge is -2.30. The van der Waals surface area contributed by atoms with Crippen LogP contribution in [0.3, 0.4) is 0 Å². The molecule has 2 unspecified atom stereocenters. The van der Waals surface area contributed by atoms with Gasteiger partial charge in [-0.1, -0.05) is 18.0 Å². The van der Waals surface area contributed by atoms with Crippen LogP contribution in [0.25, 0.3) is 0 Å². The molecule has 1 N–H and O–H groups in total. The summed E-state index contributed by atoms with van der Waals surface area (Å²) in [6, 6.07) is 0. The SMILES string of the molecule is Cc1noc(C)c1S(=O)(=O)NCC1CCCCC1CCl. The normalized spacial score (nSPS) is 23.9. The number of alkyl halides is 1. The Morgan fingerprint density at radius 3 is 2.50 bits per heavy atom. The van der Waals surface area contributed by atoms with Crippen molar-refractivity contribution < 1.29 is 12.9 Å². The van der Waals surface area contributed by atoms with Gasteiger partial charge in [-0.2, -0.15) is 0 Å². The van der Waals surface area contributed by atoms with Gasteiger partial charge in [-0.15, -0.1) is 11.6 Å². The van der Waals surface area contributed by atoms with E-state index in [1.54, 1.807) is 13.8 Å². The van der Waals surface area contributed by atoms with Gasteiger partial charge in [-0.05, 0) is 38.5 Å². The van der Waals surface area contributed by atoms with Crippen molar-refractivity contribution in [3.05, 3.63) is 11.5 Å². The van der Waals surface area contributed by atoms with Gasteiger partial charge in [-0.3, -0.25) is 0 Å². The average molecular weight is 321 g/mol. The standard InChI is InChI=1S/C13H21ClN2O3S/c1-9-13(10(2)19-16-9)20(17,18)15-8-12-6-4-3-5-11(12)7-14/h11-12,15H,3-8H2,1-2H3. The summed E-state index contributed by atoms with van der Waals surface area (Å²) >= 11 is 5.97. The maximum Gasteiger partial charge on any atom is 0.245 e. The van der Waals surface area contributed by atoms with Gasteiger partial charge in [0.05, 0.1) is 0 Å². The molecule has 5 nitrogen and oxygen atoms in total. The van der Waals surface area contributed by atoms with Crippen molar-refractivity contribution in [3.8, 4) is 0 Å². The molecule has 7 heteroatoms. The molecular weight excluding hydrogens is 300 g/mol. The van der Waals surface area contributed by atoms with E-state index in [-0.39, 0.29) is 4.90 Å². The Kier molecular flexibility index (Phi) is 5.09. The molecular formula is C13H21ClN2O3S. The van der Waals surface area contributed by atoms with E-state index in [2.05, 4.69) is 9.88 Å². The number of halogens is 1. The van der Waals surface area contributed by atoms with E-state index in [0.29, 0.717) is 35.7 Å². The van der Waals surface area contributed by atoms with Gasteiger partial charge in [0.2, 0.25) is 10.0 Å². The van der Waals surface area contributed by atoms with Gasteiger partial charge in [-0.25, -0.2) is 13.1 Å². The third kappa shape index (κ3) is 3.35. The van der Waals surface area contributed by atoms with E-state index in [0.717, 1.165) is 19.3 Å². The van der Waals surface area contributed by atoms with Crippen LogP contribution in [0.1, 0.15) is 37.1 Å². The molecule has 1 saturated carbocycles. The topological polar surface area (TPSA) is 72.2 Å². The smallest absolute Gasteiger partial charge is 0.245 e. The summed E-state index contributed by atoms with van der Waals surface area (Å²) in [5, 5.41) is 3.69. The number of aryl methyl sites for hydroxylation is 2. The largest absolute Gasteiger partial charge is 0.360 e. The molecule has 1 heterocycles. The van der Waals surface area contributed by atoms with E-state index in [4.69, 9.17) is 16.1 Å². The minimum atomic E-state index is -3.56. The van der Waals surface area contributed by atoms with Crippen LogP contribution in [0, 0.1) is 25.7 Å². The second-order valence-electron chi connectivity index (χ2n) is 5.46. The maximum absolute atomic E-state index is 12.3. The first-order valence-electron chi connectivity index (χ1n) is 6.94. The summed E-state index contributed by atoms with van der Waals surface area (Å²) in [5.74, 6) is 1.64. The first kappa shape index (κ1) is 15.8. The third-order valence-corrected chi connectivity index (χ3v) is 6.10. The van der Waals surface area contributed by atoms with Crippen LogP contribution < -0.4 is 4.72 Å². The Balaban J connectivity index is 2.06. The average Bonchev–Trinajstić information content (AvgIpc) is 2.77. The van der Waals surface area contributed by atoms with Crippen LogP contribution in [0.15, 0.2) is 9.42 Å². The van der Waals surface area contributed by atoms with E-state index in [1.165, 1.54) is 6.42 Å². The Morgan fingerprint density at radius 2 is 1.95 bits per heavy atom. The zero-order valence-corrected chi connectivity index (χ0v) is 13.4. The van der Waals surface area contributed by atoms with Crippen LogP contribution >= 0.6 is 11.6 Å². The Hall–Kier alpha value is -0.590. The predicted octanol–water partition coefficient (Wildman–Crippen LogP) is 2.61. The second-order valence-corrected chi connectivity index (χ2v) is 7.48. The lowest BCUT2D eigenvalue weighted by atomic mass is 9.80. The molecule has 1 fully saturated rings. The molecule has 114 valence electrons. The Labute approximate surface area is 125 Å². The summed E-state index contributed by atoms with van der Waals surface area (Å²) in [4.78, 5) is 0.163. The molecule has 0 bridgehead atoms. The monoisotopic (exact) mass is 320 g/mol. The molecule has 0 saturated heterocycles. The second kappa shape index (κ2) is 6.45. The maximum atomic E-state index is 12.3. The van der Waals surface area contributed by atoms with Crippen molar-refractivity contribution in [1.29, 1.82) is 0 Å². The first-order valence-corrected chi connectivity index (χ1v) is 8.96. The highest BCUT2D eigenvalue weighted by atomic mass is 35.5. The summed E-state index contributed by atoms with van der Waals surface area (Å²) in [6.45, 7) is 3.67. The molecule has 1 aliphatic rings. The van der Waals surface area contributed by atoms with E-state index < -0.39 is 10.0 Å². The minimum Gasteiger partial charge on any atom is -0.360 e. The first-order chi connectivity index (χ1) is 9.45. The number of nitrogens with one attached hydrogen (secondary N) is 1. The van der Waals surface area contributed by atoms with E-state index in [1.807, 2.05) is 0 Å². The number of rotatable bonds is 5. The van der Waals surface area contributed by atoms with Crippen molar-refractivity contribution >= 4 is 21.6 Å². The Morgan fingerprint density at radius 1 is 1.30 bits per heavy atom. The highest BCUT2D eigenvalue weighted by Gasteiger charge is 2.28. The zero-order chi connectivity index (χ0) is 14.8. The minimum absolute atomic E-state index is 0.163. The molecule has 2 rings (SSSR count). The summed E-state index contributed by atoms with van der Waals surface area (Å²) in [6.07, 6.45) is 4.44. The number of nitrogens with zero attached hydrogens (tertiary/aromatic N) is 1. The van der Waals surface area contributed by atoms with Gasteiger partial charge >= 0.3 is 0 Å². The zero-order valence-electron chi connectivity index (χ0n) is 11.9. The van der Waals surface area contributed by atoms with Crippen LogP contribution in [-0.2, 0) is 10.0 Å². The molecule has 1 aromatic rings. The lowest BCUT2D eigenvalue weighted by Crippen LogP contribution is -2.35. The van der Waals surface area contributed by atoms with Crippen LogP contribution in [0.4, 0.5) is 0 Å². The van der Waals surface area contributed by atoms with Crippen LogP contribution in [0.2, 0.25) is 0 Å². The van der Waals surface area contributed by atoms with Crippen LogP contribution in [-0.4, -0.2) is 26.0 Å². The number of hydrogen-bond acceptors (Lipinski definition) is 4. The number of sulfonamides is 1. The summed E-state index contributed by atoms with van der Waals surface area (Å²) in [7, 11) is -3.56. The van der Waals surface area contributed by atoms with Crippen molar-refractivity contribution in [2.24, 2.45) is 11.8 Å². The number of hydrogen-bond donors (Lipinski definition) is 1. The molecule has 2 atom stereocenters. The van der Waals surface area contributed by atoms with Crippen molar-refractivity contribution in [3.63, 3.8) is 0 Å². The quantitative estimate of drug-likeness (QED) is 0.846. The van der Waals surface area contributed by atoms with Gasteiger partial charge in [0, 0.05) is 12.4 Å². The fraction of sp³-hybridized carbons (Fsp3) is 0.769. The summed E-state index contributed by atoms with van der Waals surface area (Å²) in [5.41, 5.74) is 0.396. The van der Waals surface area contributed by atoms with Crippen LogP contribution in [0.5, 0.6) is 0 Å². The van der Waals surface area contributed by atoms with Gasteiger partial charge < -0.3 is 4.52 Å². The van der Waals surface area contributed by atoms with Crippen molar-refractivity contribution in [2.75, 3.05) is 12.4 Å². The molecule has 0 aromatic carbocycles. The highest BCUT2D eigenvalue weighted by Crippen LogP contribution is 2.31. The van der Waals surface area contributed by atoms with Gasteiger partial charge in [0.1, 0.15) is 10.6 Å². The van der Waals surface area contributed by atoms with E-state index in [9.17, 15) is 8.42 Å². The molecule has 0 radical (unpaired) electrons. The van der Waals surface area contributed by atoms with E-state index >= 15 is 0 Å². The third-order valence-electron chi connectivity index (χ3n) is 4.04. The fourth-order valence-corrected chi connectivity index (χ4v) is 4.73. The summed E-state index contributed by atoms with van der Waals surface area (Å²) < 4.78 is 32.3. The predicted molar refractivity (Wildman–Crippen MR) is 77.3 cm³/mol. The lowest BCUT2D eigenvalue weighted by molar-refractivity contribution is 0.260. The molecule has 0 amide bonds. The molecule has 20 heavy (non-hydrogen) atoms. The van der Waals surface area contributed by atoms with Gasteiger partial charge in [0.15, 0.2) is 5.76 Å². The number of aromatic nitrogens is 1. The van der Waals surface area contributed by atoms with Crippen molar-refractivity contribution in [2.45, 2.75) is 44.4 Å². The molecule has 0 aliphatic heterocycles.